The lowest BCUT2D eigenvalue weighted by Crippen LogP contribution is -2.57. The van der Waals surface area contributed by atoms with Gasteiger partial charge in [0.15, 0.2) is 0 Å². The molecule has 8 rings (SSSR count). The van der Waals surface area contributed by atoms with Gasteiger partial charge in [0.2, 0.25) is 35.4 Å². The number of amides is 7. The number of alkyl carbamates (subject to hydrolysis) is 1. The first-order valence-electron chi connectivity index (χ1n) is 27.9. The number of carbonyl (C=O) groups excluding carboxylic acids is 7. The molecule has 20 heteroatoms. The lowest BCUT2D eigenvalue weighted by molar-refractivity contribution is -0.140. The number of nitrogens with one attached hydrogen (secondary N) is 3. The van der Waals surface area contributed by atoms with Crippen LogP contribution in [0.1, 0.15) is 121 Å². The Morgan fingerprint density at radius 3 is 2.23 bits per heavy atom. The van der Waals surface area contributed by atoms with Crippen LogP contribution in [0.3, 0.4) is 0 Å². The van der Waals surface area contributed by atoms with E-state index in [1.165, 1.54) is 9.80 Å². The van der Waals surface area contributed by atoms with Gasteiger partial charge in [0.1, 0.15) is 23.7 Å². The maximum atomic E-state index is 14.3. The maximum Gasteiger partial charge on any atom is 0.408 e. The first kappa shape index (κ1) is 59.2. The number of aryl methyl sites for hydroxylation is 2. The number of ether oxygens (including phenoxy) is 2. The van der Waals surface area contributed by atoms with Gasteiger partial charge in [-0.3, -0.25) is 33.7 Å². The molecule has 8 N–H and O–H groups in total. The van der Waals surface area contributed by atoms with Crippen LogP contribution in [0.4, 0.5) is 16.2 Å². The number of hydrogen-bond donors (Lipinski definition) is 6. The maximum absolute atomic E-state index is 14.3. The number of thiazole rings is 1. The molecule has 0 spiro atoms. The fourth-order valence-corrected chi connectivity index (χ4v) is 12.6. The van der Waals surface area contributed by atoms with Gasteiger partial charge < -0.3 is 51.8 Å². The van der Waals surface area contributed by atoms with Crippen molar-refractivity contribution in [3.63, 3.8) is 0 Å². The SMILES string of the molecule is Cc1ncsc1-c1ccc(CNC(=O)[C@@H]2C[C@@H](O)CN2C(=O)CC(C)(C)CC(C(N)=O)C2CCN(c3ccc(CO[C@H](C)[C@H](CCC(N)=O)NC(=O)[C@@H]4Cc5cccc6c5N4C(=O)[C@@H](NC(=O)OC(C)(C)C)CC6)cc3)CC2)cc1. The van der Waals surface area contributed by atoms with Gasteiger partial charge in [0.25, 0.3) is 0 Å². The number of anilines is 2. The fourth-order valence-electron chi connectivity index (χ4n) is 11.8. The van der Waals surface area contributed by atoms with Gasteiger partial charge >= 0.3 is 6.09 Å². The number of nitrogens with zero attached hydrogens (tertiary/aromatic N) is 4. The minimum atomic E-state index is -0.912. The van der Waals surface area contributed by atoms with Gasteiger partial charge in [-0.1, -0.05) is 68.4 Å². The molecule has 4 aromatic rings. The molecular formula is C60H79N9O10S. The summed E-state index contributed by atoms with van der Waals surface area (Å²) in [5, 5.41) is 19.4. The van der Waals surface area contributed by atoms with Crippen molar-refractivity contribution in [2.45, 2.75) is 168 Å². The van der Waals surface area contributed by atoms with E-state index in [-0.39, 0.29) is 69.5 Å². The average molecular weight is 1120 g/mol. The van der Waals surface area contributed by atoms with Crippen LogP contribution in [0, 0.1) is 24.2 Å². The first-order valence-corrected chi connectivity index (χ1v) is 28.8. The monoisotopic (exact) mass is 1120 g/mol. The van der Waals surface area contributed by atoms with Gasteiger partial charge in [-0.2, -0.15) is 0 Å². The molecule has 7 atom stereocenters. The van der Waals surface area contributed by atoms with E-state index in [1.54, 1.807) is 32.1 Å². The highest BCUT2D eigenvalue weighted by molar-refractivity contribution is 7.13. The second-order valence-electron chi connectivity index (χ2n) is 23.9. The molecular weight excluding hydrogens is 1040 g/mol. The topological polar surface area (TPSA) is 269 Å². The van der Waals surface area contributed by atoms with Gasteiger partial charge in [-0.05, 0) is 124 Å². The number of aliphatic hydroxyl groups is 1. The molecule has 0 bridgehead atoms. The van der Waals surface area contributed by atoms with Crippen molar-refractivity contribution in [2.24, 2.45) is 28.7 Å². The molecule has 5 heterocycles. The van der Waals surface area contributed by atoms with E-state index in [2.05, 4.69) is 25.8 Å². The standard InChI is InChI=1S/C60H79N9O10S/c1-35-53(80-34-64-35)41-15-11-37(12-16-41)31-63-55(74)48-28-44(70)32-68(48)51(72)30-60(6,7)29-45(54(62)73)39-23-25-67(26-24-39)43-18-13-38(14-19-43)33-78-36(2)46(21-22-50(61)71)65-56(75)49-27-42-10-8-9-40-17-20-47(57(76)69(49)52(40)42)66-58(77)79-59(3,4)5/h8-16,18-19,34,36,39,44-49,70H,17,20-33H2,1-7H3,(H2,61,71)(H2,62,73)(H,63,74)(H,65,75)(H,66,77)/t36-,44-,45?,46+,47+,48+,49+/m1/s1. The van der Waals surface area contributed by atoms with E-state index in [0.717, 1.165) is 56.9 Å². The van der Waals surface area contributed by atoms with Gasteiger partial charge in [-0.15, -0.1) is 11.3 Å². The summed E-state index contributed by atoms with van der Waals surface area (Å²) in [5.74, 6) is -2.77. The second kappa shape index (κ2) is 25.3. The third-order valence-electron chi connectivity index (χ3n) is 16.0. The van der Waals surface area contributed by atoms with Crippen molar-refractivity contribution in [3.8, 4) is 10.4 Å². The Hall–Kier alpha value is -6.90. The Kier molecular flexibility index (Phi) is 18.7. The molecule has 0 aliphatic carbocycles. The Bertz CT molecular complexity index is 2900. The predicted molar refractivity (Wildman–Crippen MR) is 305 cm³/mol. The minimum Gasteiger partial charge on any atom is -0.444 e. The number of hydrogen-bond acceptors (Lipinski definition) is 13. The molecule has 430 valence electrons. The highest BCUT2D eigenvalue weighted by atomic mass is 32.1. The highest BCUT2D eigenvalue weighted by Crippen LogP contribution is 2.41. The van der Waals surface area contributed by atoms with E-state index >= 15 is 0 Å². The normalized spacial score (nSPS) is 20.6. The number of aromatic nitrogens is 1. The minimum absolute atomic E-state index is 0.000643. The number of aliphatic hydroxyl groups excluding tert-OH is 1. The van der Waals surface area contributed by atoms with E-state index < -0.39 is 83.0 Å². The van der Waals surface area contributed by atoms with Crippen molar-refractivity contribution in [3.05, 3.63) is 100 Å². The Labute approximate surface area is 472 Å². The van der Waals surface area contributed by atoms with Crippen molar-refractivity contribution < 1.29 is 48.1 Å². The van der Waals surface area contributed by atoms with Crippen LogP contribution in [-0.4, -0.2) is 118 Å². The Morgan fingerprint density at radius 2 is 1.57 bits per heavy atom. The van der Waals surface area contributed by atoms with E-state index in [1.807, 2.05) is 99.9 Å². The number of rotatable bonds is 21. The summed E-state index contributed by atoms with van der Waals surface area (Å²) in [6.45, 7) is 14.9. The summed E-state index contributed by atoms with van der Waals surface area (Å²) in [7, 11) is 0. The number of β-amino-alcohol motifs (C(OH)–C–C–N with tert-alkyl or cyclic N) is 1. The van der Waals surface area contributed by atoms with Crippen molar-refractivity contribution in [1.82, 2.24) is 25.8 Å². The zero-order valence-corrected chi connectivity index (χ0v) is 47.9. The van der Waals surface area contributed by atoms with Crippen molar-refractivity contribution in [1.29, 1.82) is 0 Å². The molecule has 4 aliphatic rings. The van der Waals surface area contributed by atoms with E-state index in [4.69, 9.17) is 20.9 Å². The van der Waals surface area contributed by atoms with Crippen LogP contribution >= 0.6 is 11.3 Å². The van der Waals surface area contributed by atoms with Crippen molar-refractivity contribution in [2.75, 3.05) is 29.4 Å². The number of nitrogens with two attached hydrogens (primary N) is 2. The molecule has 19 nitrogen and oxygen atoms in total. The largest absolute Gasteiger partial charge is 0.444 e. The molecule has 2 fully saturated rings. The number of para-hydroxylation sites is 1. The third-order valence-corrected chi connectivity index (χ3v) is 17.0. The molecule has 0 radical (unpaired) electrons. The van der Waals surface area contributed by atoms with Gasteiger partial charge in [0, 0.05) is 63.5 Å². The van der Waals surface area contributed by atoms with E-state index in [0.29, 0.717) is 38.0 Å². The van der Waals surface area contributed by atoms with Crippen LogP contribution in [0.25, 0.3) is 10.4 Å². The number of likely N-dealkylation sites (tertiary alicyclic amines) is 1. The van der Waals surface area contributed by atoms with Crippen LogP contribution in [0.15, 0.2) is 72.2 Å². The zero-order valence-electron chi connectivity index (χ0n) is 47.1. The summed E-state index contributed by atoms with van der Waals surface area (Å²) in [5.41, 5.74) is 19.4. The van der Waals surface area contributed by atoms with E-state index in [9.17, 15) is 38.7 Å². The van der Waals surface area contributed by atoms with Crippen molar-refractivity contribution >= 4 is 64.2 Å². The lowest BCUT2D eigenvalue weighted by Gasteiger charge is -2.39. The van der Waals surface area contributed by atoms with Gasteiger partial charge in [0.05, 0.1) is 46.6 Å². The zero-order chi connectivity index (χ0) is 57.6. The summed E-state index contributed by atoms with van der Waals surface area (Å²) >= 11 is 1.57. The molecule has 3 aromatic carbocycles. The quantitative estimate of drug-likeness (QED) is 0.0563. The van der Waals surface area contributed by atoms with Crippen LogP contribution < -0.4 is 37.2 Å². The number of piperidine rings is 1. The molecule has 1 aromatic heterocycles. The number of carbonyl (C=O) groups is 7. The van der Waals surface area contributed by atoms with Crippen LogP contribution in [-0.2, 0) is 64.2 Å². The second-order valence-corrected chi connectivity index (χ2v) is 24.8. The molecule has 80 heavy (non-hydrogen) atoms. The predicted octanol–water partition coefficient (Wildman–Crippen LogP) is 5.97. The smallest absolute Gasteiger partial charge is 0.408 e. The fraction of sp³-hybridized carbons (Fsp3) is 0.533. The number of primary amides is 2. The van der Waals surface area contributed by atoms with Crippen LogP contribution in [0.5, 0.6) is 0 Å². The van der Waals surface area contributed by atoms with Gasteiger partial charge in [-0.25, -0.2) is 9.78 Å². The van der Waals surface area contributed by atoms with Crippen LogP contribution in [0.2, 0.25) is 0 Å². The Balaban J connectivity index is 0.816. The summed E-state index contributed by atoms with van der Waals surface area (Å²) in [6.07, 6.45) is 1.29. The highest BCUT2D eigenvalue weighted by Gasteiger charge is 2.46. The first-order chi connectivity index (χ1) is 37.9. The third kappa shape index (κ3) is 14.7. The Morgan fingerprint density at radius 1 is 0.887 bits per heavy atom. The molecule has 4 aliphatic heterocycles. The summed E-state index contributed by atoms with van der Waals surface area (Å²) in [4.78, 5) is 105. The summed E-state index contributed by atoms with van der Waals surface area (Å²) < 4.78 is 11.8. The molecule has 1 unspecified atom stereocenters. The number of benzene rings is 3. The molecule has 7 amide bonds. The molecule has 0 saturated carbocycles. The average Bonchev–Trinajstić information content (AvgIpc) is 4.13. The lowest BCUT2D eigenvalue weighted by atomic mass is 9.72. The summed E-state index contributed by atoms with van der Waals surface area (Å²) in [6, 6.07) is 18.4. The molecule has 2 saturated heterocycles.